The van der Waals surface area contributed by atoms with Crippen LogP contribution in [0.25, 0.3) is 0 Å². The third kappa shape index (κ3) is 2.15. The van der Waals surface area contributed by atoms with Crippen molar-refractivity contribution < 1.29 is 0 Å². The normalized spacial score (nSPS) is 45.0. The van der Waals surface area contributed by atoms with Gasteiger partial charge in [-0.1, -0.05) is 52.4 Å². The van der Waals surface area contributed by atoms with Crippen molar-refractivity contribution in [3.05, 3.63) is 0 Å². The summed E-state index contributed by atoms with van der Waals surface area (Å²) in [7, 11) is 0. The van der Waals surface area contributed by atoms with E-state index in [0.717, 1.165) is 23.7 Å². The van der Waals surface area contributed by atoms with Crippen molar-refractivity contribution in [2.75, 3.05) is 0 Å². The standard InChI is InChI=1S/C14H26/c1-11-7-3-5-10-14-12(2)8-4-6-9-13(11)14/h11-14H,3-10H2,1-2H3. The van der Waals surface area contributed by atoms with Gasteiger partial charge < -0.3 is 0 Å². The van der Waals surface area contributed by atoms with Gasteiger partial charge in [0, 0.05) is 0 Å². The minimum absolute atomic E-state index is 1.02. The van der Waals surface area contributed by atoms with Crippen LogP contribution < -0.4 is 0 Å². The zero-order chi connectivity index (χ0) is 9.97. The maximum absolute atomic E-state index is 2.51. The van der Waals surface area contributed by atoms with Gasteiger partial charge in [-0.3, -0.25) is 0 Å². The molecule has 0 aromatic carbocycles. The van der Waals surface area contributed by atoms with Gasteiger partial charge in [-0.05, 0) is 36.5 Å². The van der Waals surface area contributed by atoms with Crippen molar-refractivity contribution in [2.45, 2.75) is 65.2 Å². The first-order valence-electron chi connectivity index (χ1n) is 6.79. The second-order valence-corrected chi connectivity index (χ2v) is 5.85. The van der Waals surface area contributed by atoms with Gasteiger partial charge in [-0.15, -0.1) is 0 Å². The highest BCUT2D eigenvalue weighted by Crippen LogP contribution is 2.43. The summed E-state index contributed by atoms with van der Waals surface area (Å²) in [4.78, 5) is 0. The molecule has 2 saturated carbocycles. The molecule has 2 aliphatic rings. The van der Waals surface area contributed by atoms with Crippen LogP contribution in [0.15, 0.2) is 0 Å². The minimum Gasteiger partial charge on any atom is -0.0622 e. The van der Waals surface area contributed by atoms with Crippen molar-refractivity contribution in [3.8, 4) is 0 Å². The molecule has 4 atom stereocenters. The predicted molar refractivity (Wildman–Crippen MR) is 62.2 cm³/mol. The molecular formula is C14H26. The smallest absolute Gasteiger partial charge is 0.0358 e. The molecule has 2 aliphatic carbocycles. The summed E-state index contributed by atoms with van der Waals surface area (Å²) in [5, 5.41) is 0. The van der Waals surface area contributed by atoms with E-state index in [1.54, 1.807) is 0 Å². The molecule has 2 fully saturated rings. The highest BCUT2D eigenvalue weighted by atomic mass is 14.4. The Hall–Kier alpha value is 0. The Morgan fingerprint density at radius 1 is 0.571 bits per heavy atom. The van der Waals surface area contributed by atoms with Crippen LogP contribution in [0.2, 0.25) is 0 Å². The van der Waals surface area contributed by atoms with E-state index in [1.165, 1.54) is 51.4 Å². The summed E-state index contributed by atoms with van der Waals surface area (Å²) in [6.45, 7) is 5.03. The van der Waals surface area contributed by atoms with Gasteiger partial charge in [0.1, 0.15) is 0 Å². The number of rotatable bonds is 0. The average molecular weight is 194 g/mol. The average Bonchev–Trinajstić information content (AvgIpc) is 2.45. The molecular weight excluding hydrogens is 168 g/mol. The van der Waals surface area contributed by atoms with Crippen molar-refractivity contribution in [2.24, 2.45) is 23.7 Å². The highest BCUT2D eigenvalue weighted by molar-refractivity contribution is 4.83. The largest absolute Gasteiger partial charge is 0.0622 e. The number of hydrogen-bond acceptors (Lipinski definition) is 0. The molecule has 0 radical (unpaired) electrons. The molecule has 0 heteroatoms. The second-order valence-electron chi connectivity index (χ2n) is 5.85. The van der Waals surface area contributed by atoms with E-state index in [1.807, 2.05) is 0 Å². The summed E-state index contributed by atoms with van der Waals surface area (Å²) < 4.78 is 0. The molecule has 0 amide bonds. The summed E-state index contributed by atoms with van der Waals surface area (Å²) in [5.41, 5.74) is 0. The second kappa shape index (κ2) is 4.68. The molecule has 0 bridgehead atoms. The van der Waals surface area contributed by atoms with Crippen LogP contribution in [-0.2, 0) is 0 Å². The summed E-state index contributed by atoms with van der Waals surface area (Å²) in [6, 6.07) is 0. The Morgan fingerprint density at radius 3 is 1.36 bits per heavy atom. The third-order valence-corrected chi connectivity index (χ3v) is 4.91. The summed E-state index contributed by atoms with van der Waals surface area (Å²) >= 11 is 0. The summed E-state index contributed by atoms with van der Waals surface area (Å²) in [6.07, 6.45) is 12.1. The van der Waals surface area contributed by atoms with E-state index in [2.05, 4.69) is 13.8 Å². The highest BCUT2D eigenvalue weighted by Gasteiger charge is 2.33. The fourth-order valence-corrected chi connectivity index (χ4v) is 3.96. The molecule has 82 valence electrons. The maximum Gasteiger partial charge on any atom is -0.0358 e. The fourth-order valence-electron chi connectivity index (χ4n) is 3.96. The van der Waals surface area contributed by atoms with E-state index >= 15 is 0 Å². The SMILES string of the molecule is CC1CCCCC2C(C)CCCCC12. The lowest BCUT2D eigenvalue weighted by atomic mass is 9.74. The summed E-state index contributed by atoms with van der Waals surface area (Å²) in [5.74, 6) is 4.19. The minimum atomic E-state index is 1.02. The molecule has 14 heavy (non-hydrogen) atoms. The quantitative estimate of drug-likeness (QED) is 0.527. The molecule has 0 aromatic heterocycles. The van der Waals surface area contributed by atoms with Crippen LogP contribution in [0.4, 0.5) is 0 Å². The third-order valence-electron chi connectivity index (χ3n) is 4.91. The predicted octanol–water partition coefficient (Wildman–Crippen LogP) is 4.64. The first kappa shape index (κ1) is 10.5. The Bertz CT molecular complexity index is 153. The van der Waals surface area contributed by atoms with Gasteiger partial charge in [-0.2, -0.15) is 0 Å². The molecule has 0 saturated heterocycles. The molecule has 0 heterocycles. The zero-order valence-corrected chi connectivity index (χ0v) is 9.97. The van der Waals surface area contributed by atoms with E-state index in [4.69, 9.17) is 0 Å². The van der Waals surface area contributed by atoms with Crippen LogP contribution in [0.3, 0.4) is 0 Å². The Morgan fingerprint density at radius 2 is 0.929 bits per heavy atom. The Kier molecular flexibility index (Phi) is 3.52. The van der Waals surface area contributed by atoms with E-state index in [0.29, 0.717) is 0 Å². The van der Waals surface area contributed by atoms with Crippen LogP contribution in [0, 0.1) is 23.7 Å². The van der Waals surface area contributed by atoms with Gasteiger partial charge in [-0.25, -0.2) is 0 Å². The van der Waals surface area contributed by atoms with Crippen LogP contribution in [0.1, 0.15) is 65.2 Å². The zero-order valence-electron chi connectivity index (χ0n) is 9.97. The van der Waals surface area contributed by atoms with Gasteiger partial charge in [0.05, 0.1) is 0 Å². The van der Waals surface area contributed by atoms with Crippen LogP contribution in [0.5, 0.6) is 0 Å². The lowest BCUT2D eigenvalue weighted by Crippen LogP contribution is -2.23. The van der Waals surface area contributed by atoms with E-state index in [-0.39, 0.29) is 0 Å². The molecule has 0 spiro atoms. The van der Waals surface area contributed by atoms with E-state index < -0.39 is 0 Å². The molecule has 2 rings (SSSR count). The topological polar surface area (TPSA) is 0 Å². The lowest BCUT2D eigenvalue weighted by Gasteiger charge is -2.31. The fraction of sp³-hybridized carbons (Fsp3) is 1.00. The lowest BCUT2D eigenvalue weighted by molar-refractivity contribution is 0.182. The number of fused-ring (bicyclic) bond motifs is 1. The molecule has 0 N–H and O–H groups in total. The van der Waals surface area contributed by atoms with Gasteiger partial charge >= 0.3 is 0 Å². The Labute approximate surface area is 89.5 Å². The molecule has 0 aliphatic heterocycles. The van der Waals surface area contributed by atoms with Crippen molar-refractivity contribution in [1.82, 2.24) is 0 Å². The van der Waals surface area contributed by atoms with Gasteiger partial charge in [0.25, 0.3) is 0 Å². The molecule has 4 unspecified atom stereocenters. The monoisotopic (exact) mass is 194 g/mol. The van der Waals surface area contributed by atoms with Crippen LogP contribution >= 0.6 is 0 Å². The maximum atomic E-state index is 2.51. The molecule has 0 nitrogen and oxygen atoms in total. The van der Waals surface area contributed by atoms with Crippen molar-refractivity contribution in [3.63, 3.8) is 0 Å². The van der Waals surface area contributed by atoms with Crippen molar-refractivity contribution in [1.29, 1.82) is 0 Å². The Balaban J connectivity index is 2.10. The number of hydrogen-bond donors (Lipinski definition) is 0. The first-order chi connectivity index (χ1) is 6.79. The van der Waals surface area contributed by atoms with Crippen molar-refractivity contribution >= 4 is 0 Å². The van der Waals surface area contributed by atoms with Gasteiger partial charge in [0.15, 0.2) is 0 Å². The van der Waals surface area contributed by atoms with Gasteiger partial charge in [0.2, 0.25) is 0 Å². The first-order valence-corrected chi connectivity index (χ1v) is 6.79. The van der Waals surface area contributed by atoms with E-state index in [9.17, 15) is 0 Å². The molecule has 0 aromatic rings. The van der Waals surface area contributed by atoms with Crippen LogP contribution in [-0.4, -0.2) is 0 Å².